The minimum atomic E-state index is 0.174. The van der Waals surface area contributed by atoms with Gasteiger partial charge in [0.15, 0.2) is 0 Å². The summed E-state index contributed by atoms with van der Waals surface area (Å²) in [7, 11) is 3.71. The fourth-order valence-corrected chi connectivity index (χ4v) is 2.00. The Morgan fingerprint density at radius 3 is 2.47 bits per heavy atom. The van der Waals surface area contributed by atoms with E-state index in [2.05, 4.69) is 49.6 Å². The third-order valence-electron chi connectivity index (χ3n) is 3.24. The van der Waals surface area contributed by atoms with E-state index in [4.69, 9.17) is 4.74 Å². The number of rotatable bonds is 7. The summed E-state index contributed by atoms with van der Waals surface area (Å²) in [5.74, 6) is 0.967. The summed E-state index contributed by atoms with van der Waals surface area (Å²) in [6.45, 7) is 9.63. The zero-order chi connectivity index (χ0) is 14.3. The fourth-order valence-electron chi connectivity index (χ4n) is 2.00. The lowest BCUT2D eigenvalue weighted by Crippen LogP contribution is -2.20. The molecule has 0 aliphatic carbocycles. The maximum Gasteiger partial charge on any atom is 0.123 e. The first kappa shape index (κ1) is 16.0. The number of nitrogens with one attached hydrogen (secondary N) is 2. The first-order chi connectivity index (χ1) is 8.99. The summed E-state index contributed by atoms with van der Waals surface area (Å²) in [6.07, 6.45) is 1.14. The minimum absolute atomic E-state index is 0.174. The molecule has 1 rings (SSSR count). The second-order valence-corrected chi connectivity index (χ2v) is 5.91. The first-order valence-electron chi connectivity index (χ1n) is 7.01. The van der Waals surface area contributed by atoms with Crippen LogP contribution in [0.3, 0.4) is 0 Å². The van der Waals surface area contributed by atoms with Crippen LogP contribution < -0.4 is 15.4 Å². The normalized spacial score (nSPS) is 11.6. The fraction of sp³-hybridized carbons (Fsp3) is 0.625. The lowest BCUT2D eigenvalue weighted by atomic mass is 9.86. The Balaban J connectivity index is 2.68. The molecule has 0 saturated heterocycles. The monoisotopic (exact) mass is 264 g/mol. The number of benzene rings is 1. The molecule has 3 nitrogen and oxygen atoms in total. The van der Waals surface area contributed by atoms with Crippen LogP contribution in [-0.4, -0.2) is 27.2 Å². The number of methoxy groups -OCH3 is 1. The van der Waals surface area contributed by atoms with Crippen LogP contribution in [-0.2, 0) is 12.0 Å². The number of hydrogen-bond donors (Lipinski definition) is 2. The Morgan fingerprint density at radius 2 is 1.89 bits per heavy atom. The van der Waals surface area contributed by atoms with Crippen LogP contribution in [0.2, 0.25) is 0 Å². The van der Waals surface area contributed by atoms with Crippen LogP contribution in [0.1, 0.15) is 38.3 Å². The molecule has 0 saturated carbocycles. The molecular weight excluding hydrogens is 236 g/mol. The molecular formula is C16H28N2O. The largest absolute Gasteiger partial charge is 0.496 e. The summed E-state index contributed by atoms with van der Waals surface area (Å²) in [4.78, 5) is 0. The van der Waals surface area contributed by atoms with Crippen molar-refractivity contribution in [3.8, 4) is 5.75 Å². The van der Waals surface area contributed by atoms with Crippen molar-refractivity contribution in [3.05, 3.63) is 29.3 Å². The second-order valence-electron chi connectivity index (χ2n) is 5.91. The molecule has 0 radical (unpaired) electrons. The van der Waals surface area contributed by atoms with Crippen molar-refractivity contribution in [2.24, 2.45) is 0 Å². The Morgan fingerprint density at radius 1 is 1.16 bits per heavy atom. The van der Waals surface area contributed by atoms with Crippen LogP contribution in [0.15, 0.2) is 18.2 Å². The minimum Gasteiger partial charge on any atom is -0.496 e. The Hall–Kier alpha value is -1.06. The standard InChI is InChI=1S/C16H28N2O/c1-16(2,3)14-7-8-15(19-5)13(11-14)12-18-10-6-9-17-4/h7-8,11,17-18H,6,9-10,12H2,1-5H3. The molecule has 0 aliphatic rings. The van der Waals surface area contributed by atoms with Gasteiger partial charge in [-0.05, 0) is 43.6 Å². The maximum atomic E-state index is 5.44. The van der Waals surface area contributed by atoms with Crippen LogP contribution >= 0.6 is 0 Å². The third kappa shape index (κ3) is 5.21. The van der Waals surface area contributed by atoms with Gasteiger partial charge in [0, 0.05) is 12.1 Å². The van der Waals surface area contributed by atoms with E-state index >= 15 is 0 Å². The van der Waals surface area contributed by atoms with Crippen LogP contribution in [0, 0.1) is 0 Å². The molecule has 0 aliphatic heterocycles. The number of ether oxygens (including phenoxy) is 1. The van der Waals surface area contributed by atoms with Gasteiger partial charge in [0.2, 0.25) is 0 Å². The Kier molecular flexibility index (Phi) is 6.32. The molecule has 19 heavy (non-hydrogen) atoms. The second kappa shape index (κ2) is 7.51. The quantitative estimate of drug-likeness (QED) is 0.743. The lowest BCUT2D eigenvalue weighted by Gasteiger charge is -2.21. The van der Waals surface area contributed by atoms with Crippen LogP contribution in [0.25, 0.3) is 0 Å². The molecule has 1 aromatic rings. The highest BCUT2D eigenvalue weighted by molar-refractivity contribution is 5.39. The van der Waals surface area contributed by atoms with Gasteiger partial charge in [0.05, 0.1) is 7.11 Å². The average Bonchev–Trinajstić information content (AvgIpc) is 2.37. The van der Waals surface area contributed by atoms with E-state index in [-0.39, 0.29) is 5.41 Å². The molecule has 2 N–H and O–H groups in total. The van der Waals surface area contributed by atoms with E-state index in [0.29, 0.717) is 0 Å². The van der Waals surface area contributed by atoms with E-state index < -0.39 is 0 Å². The summed E-state index contributed by atoms with van der Waals surface area (Å²) in [6, 6.07) is 6.48. The molecule has 0 atom stereocenters. The summed E-state index contributed by atoms with van der Waals surface area (Å²) in [5, 5.41) is 6.62. The highest BCUT2D eigenvalue weighted by Gasteiger charge is 2.15. The predicted octanol–water partition coefficient (Wildman–Crippen LogP) is 2.69. The zero-order valence-corrected chi connectivity index (χ0v) is 13.0. The summed E-state index contributed by atoms with van der Waals surface area (Å²) < 4.78 is 5.44. The summed E-state index contributed by atoms with van der Waals surface area (Å²) in [5.41, 5.74) is 2.76. The van der Waals surface area contributed by atoms with Crippen molar-refractivity contribution in [3.63, 3.8) is 0 Å². The highest BCUT2D eigenvalue weighted by Crippen LogP contribution is 2.27. The topological polar surface area (TPSA) is 33.3 Å². The van der Waals surface area contributed by atoms with Crippen molar-refractivity contribution in [1.82, 2.24) is 10.6 Å². The molecule has 0 bridgehead atoms. The molecule has 0 fully saturated rings. The van der Waals surface area contributed by atoms with Crippen LogP contribution in [0.4, 0.5) is 0 Å². The van der Waals surface area contributed by atoms with Gasteiger partial charge >= 0.3 is 0 Å². The zero-order valence-electron chi connectivity index (χ0n) is 13.0. The average molecular weight is 264 g/mol. The SMILES string of the molecule is CNCCCNCc1cc(C(C)(C)C)ccc1OC. The number of hydrogen-bond acceptors (Lipinski definition) is 3. The molecule has 1 aromatic carbocycles. The Labute approximate surface area is 117 Å². The van der Waals surface area contributed by atoms with Crippen molar-refractivity contribution in [1.29, 1.82) is 0 Å². The smallest absolute Gasteiger partial charge is 0.123 e. The van der Waals surface area contributed by atoms with Gasteiger partial charge < -0.3 is 15.4 Å². The molecule has 0 unspecified atom stereocenters. The van der Waals surface area contributed by atoms with Gasteiger partial charge in [0.25, 0.3) is 0 Å². The van der Waals surface area contributed by atoms with Gasteiger partial charge in [-0.15, -0.1) is 0 Å². The van der Waals surface area contributed by atoms with Gasteiger partial charge in [-0.2, -0.15) is 0 Å². The molecule has 108 valence electrons. The molecule has 3 heteroatoms. The lowest BCUT2D eigenvalue weighted by molar-refractivity contribution is 0.407. The Bertz CT molecular complexity index is 383. The first-order valence-corrected chi connectivity index (χ1v) is 7.01. The van der Waals surface area contributed by atoms with Gasteiger partial charge in [-0.1, -0.05) is 32.9 Å². The van der Waals surface area contributed by atoms with Gasteiger partial charge in [-0.3, -0.25) is 0 Å². The predicted molar refractivity (Wildman–Crippen MR) is 81.9 cm³/mol. The van der Waals surface area contributed by atoms with E-state index in [0.717, 1.165) is 31.8 Å². The van der Waals surface area contributed by atoms with E-state index in [1.165, 1.54) is 11.1 Å². The summed E-state index contributed by atoms with van der Waals surface area (Å²) >= 11 is 0. The van der Waals surface area contributed by atoms with E-state index in [1.54, 1.807) is 7.11 Å². The maximum absolute atomic E-state index is 5.44. The van der Waals surface area contributed by atoms with E-state index in [1.807, 2.05) is 7.05 Å². The van der Waals surface area contributed by atoms with Crippen molar-refractivity contribution in [2.75, 3.05) is 27.2 Å². The van der Waals surface area contributed by atoms with Crippen molar-refractivity contribution >= 4 is 0 Å². The van der Waals surface area contributed by atoms with Crippen molar-refractivity contribution < 1.29 is 4.74 Å². The molecule has 0 spiro atoms. The van der Waals surface area contributed by atoms with Gasteiger partial charge in [0.1, 0.15) is 5.75 Å². The van der Waals surface area contributed by atoms with Gasteiger partial charge in [-0.25, -0.2) is 0 Å². The molecule has 0 aromatic heterocycles. The van der Waals surface area contributed by atoms with Crippen molar-refractivity contribution in [2.45, 2.75) is 39.2 Å². The highest BCUT2D eigenvalue weighted by atomic mass is 16.5. The molecule has 0 heterocycles. The van der Waals surface area contributed by atoms with Crippen LogP contribution in [0.5, 0.6) is 5.75 Å². The third-order valence-corrected chi connectivity index (χ3v) is 3.24. The van der Waals surface area contributed by atoms with E-state index in [9.17, 15) is 0 Å². The molecule has 0 amide bonds.